The number of hydrogen-bond donors (Lipinski definition) is 2. The fourth-order valence-corrected chi connectivity index (χ4v) is 2.98. The third kappa shape index (κ3) is 5.81. The molecule has 0 saturated carbocycles. The molecule has 24 heavy (non-hydrogen) atoms. The van der Waals surface area contributed by atoms with Gasteiger partial charge in [0.1, 0.15) is 0 Å². The van der Waals surface area contributed by atoms with E-state index in [0.717, 1.165) is 32.5 Å². The highest BCUT2D eigenvalue weighted by Gasteiger charge is 2.22. The van der Waals surface area contributed by atoms with Crippen LogP contribution in [0.15, 0.2) is 18.2 Å². The SMILES string of the molecule is CNCC1CCN(C(=O)CNC(=O)c2ccc(Cl)c(Cl)c2)CC1.Cl. The Labute approximate surface area is 158 Å². The summed E-state index contributed by atoms with van der Waals surface area (Å²) in [4.78, 5) is 26.0. The number of benzene rings is 1. The van der Waals surface area contributed by atoms with Gasteiger partial charge in [-0.1, -0.05) is 23.2 Å². The van der Waals surface area contributed by atoms with E-state index in [2.05, 4.69) is 10.6 Å². The van der Waals surface area contributed by atoms with Gasteiger partial charge in [-0.2, -0.15) is 0 Å². The number of rotatable bonds is 5. The summed E-state index contributed by atoms with van der Waals surface area (Å²) in [6.07, 6.45) is 1.99. The molecule has 0 atom stereocenters. The van der Waals surface area contributed by atoms with Gasteiger partial charge in [0.2, 0.25) is 5.91 Å². The van der Waals surface area contributed by atoms with Crippen molar-refractivity contribution in [2.24, 2.45) is 5.92 Å². The number of halogens is 3. The van der Waals surface area contributed by atoms with Crippen molar-refractivity contribution in [1.82, 2.24) is 15.5 Å². The van der Waals surface area contributed by atoms with E-state index < -0.39 is 0 Å². The molecule has 2 rings (SSSR count). The van der Waals surface area contributed by atoms with E-state index in [0.29, 0.717) is 21.5 Å². The summed E-state index contributed by atoms with van der Waals surface area (Å²) in [5.74, 6) is 0.234. The highest BCUT2D eigenvalue weighted by Crippen LogP contribution is 2.22. The van der Waals surface area contributed by atoms with E-state index >= 15 is 0 Å². The Morgan fingerprint density at radius 3 is 2.46 bits per heavy atom. The van der Waals surface area contributed by atoms with E-state index in [1.807, 2.05) is 7.05 Å². The summed E-state index contributed by atoms with van der Waals surface area (Å²) < 4.78 is 0. The highest BCUT2D eigenvalue weighted by molar-refractivity contribution is 6.42. The number of hydrogen-bond acceptors (Lipinski definition) is 3. The van der Waals surface area contributed by atoms with Crippen LogP contribution < -0.4 is 10.6 Å². The van der Waals surface area contributed by atoms with Crippen LogP contribution in [0.25, 0.3) is 0 Å². The molecule has 1 heterocycles. The van der Waals surface area contributed by atoms with E-state index in [9.17, 15) is 9.59 Å². The fourth-order valence-electron chi connectivity index (χ4n) is 2.68. The monoisotopic (exact) mass is 393 g/mol. The maximum absolute atomic E-state index is 12.2. The molecule has 0 unspecified atom stereocenters. The second-order valence-electron chi connectivity index (χ2n) is 5.69. The first-order valence-corrected chi connectivity index (χ1v) is 8.42. The molecule has 0 bridgehead atoms. The van der Waals surface area contributed by atoms with Crippen LogP contribution in [0, 0.1) is 5.92 Å². The predicted molar refractivity (Wildman–Crippen MR) is 99.3 cm³/mol. The zero-order chi connectivity index (χ0) is 16.8. The van der Waals surface area contributed by atoms with Crippen LogP contribution in [-0.2, 0) is 4.79 Å². The molecule has 1 fully saturated rings. The van der Waals surface area contributed by atoms with Crippen LogP contribution in [0.5, 0.6) is 0 Å². The smallest absolute Gasteiger partial charge is 0.251 e. The van der Waals surface area contributed by atoms with Gasteiger partial charge in [-0.3, -0.25) is 9.59 Å². The molecule has 5 nitrogen and oxygen atoms in total. The molecular weight excluding hydrogens is 373 g/mol. The Bertz CT molecular complexity index is 576. The zero-order valence-electron chi connectivity index (χ0n) is 13.5. The molecule has 0 spiro atoms. The van der Waals surface area contributed by atoms with Gasteiger partial charge < -0.3 is 15.5 Å². The van der Waals surface area contributed by atoms with Crippen LogP contribution >= 0.6 is 35.6 Å². The Kier molecular flexibility index (Phi) is 8.84. The minimum atomic E-state index is -0.331. The zero-order valence-corrected chi connectivity index (χ0v) is 15.8. The normalized spacial score (nSPS) is 14.9. The number of carbonyl (C=O) groups is 2. The maximum atomic E-state index is 12.2. The first-order chi connectivity index (χ1) is 11.0. The molecule has 0 aliphatic carbocycles. The summed E-state index contributed by atoms with van der Waals surface area (Å²) >= 11 is 11.7. The Balaban J connectivity index is 0.00000288. The minimum Gasteiger partial charge on any atom is -0.343 e. The molecule has 2 N–H and O–H groups in total. The summed E-state index contributed by atoms with van der Waals surface area (Å²) in [5.41, 5.74) is 0.389. The van der Waals surface area contributed by atoms with Crippen LogP contribution in [0.1, 0.15) is 23.2 Å². The summed E-state index contributed by atoms with van der Waals surface area (Å²) in [6, 6.07) is 4.64. The van der Waals surface area contributed by atoms with E-state index in [1.54, 1.807) is 17.0 Å². The van der Waals surface area contributed by atoms with Gasteiger partial charge in [-0.15, -0.1) is 12.4 Å². The van der Waals surface area contributed by atoms with Crippen LogP contribution in [0.2, 0.25) is 10.0 Å². The topological polar surface area (TPSA) is 61.4 Å². The van der Waals surface area contributed by atoms with Gasteiger partial charge in [0.05, 0.1) is 16.6 Å². The Morgan fingerprint density at radius 1 is 1.21 bits per heavy atom. The number of nitrogens with one attached hydrogen (secondary N) is 2. The van der Waals surface area contributed by atoms with Crippen molar-refractivity contribution in [2.45, 2.75) is 12.8 Å². The summed E-state index contributed by atoms with van der Waals surface area (Å²) in [6.45, 7) is 2.47. The van der Waals surface area contributed by atoms with Crippen molar-refractivity contribution in [2.75, 3.05) is 33.2 Å². The lowest BCUT2D eigenvalue weighted by Crippen LogP contribution is -2.45. The molecule has 1 aromatic rings. The fraction of sp³-hybridized carbons (Fsp3) is 0.500. The quantitative estimate of drug-likeness (QED) is 0.807. The first-order valence-electron chi connectivity index (χ1n) is 7.67. The molecular formula is C16H22Cl3N3O2. The molecule has 134 valence electrons. The summed E-state index contributed by atoms with van der Waals surface area (Å²) in [5, 5.41) is 6.51. The van der Waals surface area contributed by atoms with Crippen molar-refractivity contribution in [3.8, 4) is 0 Å². The van der Waals surface area contributed by atoms with Crippen molar-refractivity contribution < 1.29 is 9.59 Å². The average molecular weight is 395 g/mol. The van der Waals surface area contributed by atoms with Gasteiger partial charge in [-0.25, -0.2) is 0 Å². The Morgan fingerprint density at radius 2 is 1.88 bits per heavy atom. The molecule has 2 amide bonds. The van der Waals surface area contributed by atoms with Crippen molar-refractivity contribution in [3.63, 3.8) is 0 Å². The van der Waals surface area contributed by atoms with Gasteiger partial charge in [-0.05, 0) is 50.6 Å². The van der Waals surface area contributed by atoms with E-state index in [4.69, 9.17) is 23.2 Å². The number of piperidine rings is 1. The Hall–Kier alpha value is -1.01. The maximum Gasteiger partial charge on any atom is 0.251 e. The standard InChI is InChI=1S/C16H21Cl2N3O2.ClH/c1-19-9-11-4-6-21(7-5-11)15(22)10-20-16(23)12-2-3-13(17)14(18)8-12;/h2-3,8,11,19H,4-7,9-10H2,1H3,(H,20,23);1H. The lowest BCUT2D eigenvalue weighted by atomic mass is 9.97. The molecule has 0 aromatic heterocycles. The second kappa shape index (κ2) is 10.1. The molecule has 0 radical (unpaired) electrons. The van der Waals surface area contributed by atoms with E-state index in [1.165, 1.54) is 6.07 Å². The number of nitrogens with zero attached hydrogens (tertiary/aromatic N) is 1. The molecule has 1 aliphatic heterocycles. The number of amides is 2. The van der Waals surface area contributed by atoms with Crippen molar-refractivity contribution in [3.05, 3.63) is 33.8 Å². The largest absolute Gasteiger partial charge is 0.343 e. The van der Waals surface area contributed by atoms with Gasteiger partial charge >= 0.3 is 0 Å². The lowest BCUT2D eigenvalue weighted by Gasteiger charge is -2.32. The molecule has 1 aliphatic rings. The average Bonchev–Trinajstić information content (AvgIpc) is 2.56. The van der Waals surface area contributed by atoms with Crippen LogP contribution in [0.3, 0.4) is 0 Å². The number of likely N-dealkylation sites (tertiary alicyclic amines) is 1. The lowest BCUT2D eigenvalue weighted by molar-refractivity contribution is -0.131. The van der Waals surface area contributed by atoms with Gasteiger partial charge in [0, 0.05) is 18.7 Å². The molecule has 1 aromatic carbocycles. The molecule has 8 heteroatoms. The van der Waals surface area contributed by atoms with Gasteiger partial charge in [0.25, 0.3) is 5.91 Å². The number of carbonyl (C=O) groups excluding carboxylic acids is 2. The second-order valence-corrected chi connectivity index (χ2v) is 6.51. The summed E-state index contributed by atoms with van der Waals surface area (Å²) in [7, 11) is 1.94. The van der Waals surface area contributed by atoms with Crippen molar-refractivity contribution in [1.29, 1.82) is 0 Å². The van der Waals surface area contributed by atoms with Crippen LogP contribution in [0.4, 0.5) is 0 Å². The first kappa shape index (κ1) is 21.0. The van der Waals surface area contributed by atoms with Crippen molar-refractivity contribution >= 4 is 47.4 Å². The third-order valence-electron chi connectivity index (χ3n) is 4.04. The molecule has 1 saturated heterocycles. The third-order valence-corrected chi connectivity index (χ3v) is 4.78. The van der Waals surface area contributed by atoms with E-state index in [-0.39, 0.29) is 30.8 Å². The highest BCUT2D eigenvalue weighted by atomic mass is 35.5. The van der Waals surface area contributed by atoms with Crippen LogP contribution in [-0.4, -0.2) is 49.9 Å². The minimum absolute atomic E-state index is 0. The predicted octanol–water partition coefficient (Wildman–Crippen LogP) is 2.60. The van der Waals surface area contributed by atoms with Gasteiger partial charge in [0.15, 0.2) is 0 Å².